The minimum atomic E-state index is 0.703. The van der Waals surface area contributed by atoms with Gasteiger partial charge in [0, 0.05) is 38.5 Å². The fourth-order valence-corrected chi connectivity index (χ4v) is 1.91. The molecule has 0 saturated heterocycles. The maximum atomic E-state index is 4.98. The topological polar surface area (TPSA) is 39.1 Å². The first kappa shape index (κ1) is 14.2. The van der Waals surface area contributed by atoms with Gasteiger partial charge in [-0.2, -0.15) is 5.10 Å². The van der Waals surface area contributed by atoms with Crippen LogP contribution in [0, 0.1) is 5.92 Å². The normalized spacial score (nSPS) is 12.9. The molecule has 98 valence electrons. The van der Waals surface area contributed by atoms with Gasteiger partial charge in [0.05, 0.1) is 12.8 Å². The molecule has 0 fully saturated rings. The number of nitrogens with zero attached hydrogens (tertiary/aromatic N) is 2. The highest BCUT2D eigenvalue weighted by Gasteiger charge is 2.03. The van der Waals surface area contributed by atoms with Crippen LogP contribution in [0.1, 0.15) is 32.3 Å². The summed E-state index contributed by atoms with van der Waals surface area (Å²) in [4.78, 5) is 0. The molecule has 1 atom stereocenters. The minimum absolute atomic E-state index is 0.703. The van der Waals surface area contributed by atoms with Crippen molar-refractivity contribution in [3.63, 3.8) is 0 Å². The molecule has 17 heavy (non-hydrogen) atoms. The Hall–Kier alpha value is -0.870. The molecular formula is C13H25N3O. The van der Waals surface area contributed by atoms with E-state index in [1.807, 2.05) is 10.9 Å². The van der Waals surface area contributed by atoms with Crippen LogP contribution in [0.4, 0.5) is 0 Å². The molecular weight excluding hydrogens is 214 g/mol. The summed E-state index contributed by atoms with van der Waals surface area (Å²) in [6.45, 7) is 8.03. The van der Waals surface area contributed by atoms with E-state index < -0.39 is 0 Å². The fraction of sp³-hybridized carbons (Fsp3) is 0.769. The van der Waals surface area contributed by atoms with Crippen LogP contribution < -0.4 is 5.32 Å². The van der Waals surface area contributed by atoms with Gasteiger partial charge >= 0.3 is 0 Å². The third-order valence-corrected chi connectivity index (χ3v) is 2.78. The molecule has 0 saturated carbocycles. The number of hydrogen-bond acceptors (Lipinski definition) is 3. The summed E-state index contributed by atoms with van der Waals surface area (Å²) < 4.78 is 7.03. The van der Waals surface area contributed by atoms with Crippen LogP contribution in [0.3, 0.4) is 0 Å². The molecule has 0 bridgehead atoms. The van der Waals surface area contributed by atoms with Crippen molar-refractivity contribution in [1.82, 2.24) is 15.1 Å². The summed E-state index contributed by atoms with van der Waals surface area (Å²) >= 11 is 0. The van der Waals surface area contributed by atoms with Gasteiger partial charge < -0.3 is 10.1 Å². The third kappa shape index (κ3) is 5.84. The molecule has 0 amide bonds. The highest BCUT2D eigenvalue weighted by molar-refractivity contribution is 5.03. The molecule has 1 aromatic rings. The first-order valence-corrected chi connectivity index (χ1v) is 6.47. The van der Waals surface area contributed by atoms with Gasteiger partial charge in [-0.15, -0.1) is 0 Å². The van der Waals surface area contributed by atoms with E-state index in [0.29, 0.717) is 5.92 Å². The van der Waals surface area contributed by atoms with E-state index in [1.54, 1.807) is 7.11 Å². The number of aromatic nitrogens is 2. The lowest BCUT2D eigenvalue weighted by molar-refractivity contribution is 0.199. The zero-order chi connectivity index (χ0) is 12.5. The fourth-order valence-electron chi connectivity index (χ4n) is 1.91. The number of rotatable bonds is 9. The predicted octanol–water partition coefficient (Wildman–Crippen LogP) is 2.06. The van der Waals surface area contributed by atoms with Gasteiger partial charge in [-0.25, -0.2) is 0 Å². The minimum Gasteiger partial charge on any atom is -0.383 e. The second-order valence-corrected chi connectivity index (χ2v) is 4.63. The maximum absolute atomic E-state index is 4.98. The molecule has 0 radical (unpaired) electrons. The maximum Gasteiger partial charge on any atom is 0.0587 e. The largest absolute Gasteiger partial charge is 0.383 e. The SMILES string of the molecule is CCCC(C)Cn1cc(CNCCOC)cn1. The van der Waals surface area contributed by atoms with Crippen LogP contribution >= 0.6 is 0 Å². The van der Waals surface area contributed by atoms with Gasteiger partial charge in [-0.3, -0.25) is 4.68 Å². The molecule has 4 heteroatoms. The van der Waals surface area contributed by atoms with E-state index in [1.165, 1.54) is 18.4 Å². The number of methoxy groups -OCH3 is 1. The predicted molar refractivity (Wildman–Crippen MR) is 69.9 cm³/mol. The smallest absolute Gasteiger partial charge is 0.0587 e. The molecule has 0 aliphatic heterocycles. The van der Waals surface area contributed by atoms with E-state index in [9.17, 15) is 0 Å². The Kier molecular flexibility index (Phi) is 6.89. The highest BCUT2D eigenvalue weighted by atomic mass is 16.5. The molecule has 1 rings (SSSR count). The molecule has 0 spiro atoms. The van der Waals surface area contributed by atoms with E-state index >= 15 is 0 Å². The number of nitrogens with one attached hydrogen (secondary N) is 1. The van der Waals surface area contributed by atoms with Gasteiger partial charge in [-0.1, -0.05) is 20.3 Å². The summed E-state index contributed by atoms with van der Waals surface area (Å²) in [5, 5.41) is 7.70. The van der Waals surface area contributed by atoms with Gasteiger partial charge in [-0.05, 0) is 12.3 Å². The van der Waals surface area contributed by atoms with Gasteiger partial charge in [0.15, 0.2) is 0 Å². The Morgan fingerprint density at radius 1 is 1.53 bits per heavy atom. The monoisotopic (exact) mass is 239 g/mol. The Labute approximate surface area is 104 Å². The lowest BCUT2D eigenvalue weighted by Gasteiger charge is -2.09. The van der Waals surface area contributed by atoms with Crippen LogP contribution in [0.25, 0.3) is 0 Å². The Morgan fingerprint density at radius 2 is 2.35 bits per heavy atom. The summed E-state index contributed by atoms with van der Waals surface area (Å²) in [7, 11) is 1.72. The Bertz CT molecular complexity index is 299. The lowest BCUT2D eigenvalue weighted by Crippen LogP contribution is -2.18. The van der Waals surface area contributed by atoms with Crippen molar-refractivity contribution in [2.45, 2.75) is 39.8 Å². The highest BCUT2D eigenvalue weighted by Crippen LogP contribution is 2.08. The van der Waals surface area contributed by atoms with Crippen molar-refractivity contribution in [1.29, 1.82) is 0 Å². The summed E-state index contributed by atoms with van der Waals surface area (Å²) in [5.74, 6) is 0.703. The van der Waals surface area contributed by atoms with Crippen LogP contribution in [-0.2, 0) is 17.8 Å². The number of hydrogen-bond donors (Lipinski definition) is 1. The summed E-state index contributed by atoms with van der Waals surface area (Å²) in [6, 6.07) is 0. The van der Waals surface area contributed by atoms with Crippen molar-refractivity contribution in [3.05, 3.63) is 18.0 Å². The Balaban J connectivity index is 2.27. The molecule has 1 aromatic heterocycles. The van der Waals surface area contributed by atoms with E-state index in [2.05, 4.69) is 30.5 Å². The lowest BCUT2D eigenvalue weighted by atomic mass is 10.1. The number of ether oxygens (including phenoxy) is 1. The van der Waals surface area contributed by atoms with E-state index in [4.69, 9.17) is 4.74 Å². The zero-order valence-corrected chi connectivity index (χ0v) is 11.3. The summed E-state index contributed by atoms with van der Waals surface area (Å²) in [6.07, 6.45) is 6.58. The van der Waals surface area contributed by atoms with Crippen molar-refractivity contribution in [2.24, 2.45) is 5.92 Å². The van der Waals surface area contributed by atoms with Crippen molar-refractivity contribution in [2.75, 3.05) is 20.3 Å². The molecule has 1 N–H and O–H groups in total. The summed E-state index contributed by atoms with van der Waals surface area (Å²) in [5.41, 5.74) is 1.24. The third-order valence-electron chi connectivity index (χ3n) is 2.78. The van der Waals surface area contributed by atoms with Crippen LogP contribution in [0.5, 0.6) is 0 Å². The average molecular weight is 239 g/mol. The molecule has 0 aliphatic rings. The van der Waals surface area contributed by atoms with Crippen molar-refractivity contribution >= 4 is 0 Å². The second kappa shape index (κ2) is 8.25. The quantitative estimate of drug-likeness (QED) is 0.670. The van der Waals surface area contributed by atoms with Gasteiger partial charge in [0.2, 0.25) is 0 Å². The van der Waals surface area contributed by atoms with Gasteiger partial charge in [0.25, 0.3) is 0 Å². The molecule has 1 heterocycles. The van der Waals surface area contributed by atoms with Crippen LogP contribution in [-0.4, -0.2) is 30.0 Å². The van der Waals surface area contributed by atoms with Crippen LogP contribution in [0.2, 0.25) is 0 Å². The molecule has 0 aliphatic carbocycles. The van der Waals surface area contributed by atoms with E-state index in [-0.39, 0.29) is 0 Å². The van der Waals surface area contributed by atoms with Gasteiger partial charge in [0.1, 0.15) is 0 Å². The molecule has 4 nitrogen and oxygen atoms in total. The van der Waals surface area contributed by atoms with E-state index in [0.717, 1.165) is 26.2 Å². The zero-order valence-electron chi connectivity index (χ0n) is 11.3. The van der Waals surface area contributed by atoms with Crippen molar-refractivity contribution < 1.29 is 4.74 Å². The van der Waals surface area contributed by atoms with Crippen LogP contribution in [0.15, 0.2) is 12.4 Å². The second-order valence-electron chi connectivity index (χ2n) is 4.63. The average Bonchev–Trinajstić information content (AvgIpc) is 2.72. The first-order valence-electron chi connectivity index (χ1n) is 6.47. The van der Waals surface area contributed by atoms with Crippen molar-refractivity contribution in [3.8, 4) is 0 Å². The standard InChI is InChI=1S/C13H25N3O/c1-4-5-12(2)10-16-11-13(9-15-16)8-14-6-7-17-3/h9,11-12,14H,4-8,10H2,1-3H3. The Morgan fingerprint density at radius 3 is 3.06 bits per heavy atom. The molecule has 1 unspecified atom stereocenters. The first-order chi connectivity index (χ1) is 8.26. The molecule has 0 aromatic carbocycles.